The topological polar surface area (TPSA) is 53.0 Å². The Morgan fingerprint density at radius 2 is 2.11 bits per heavy atom. The van der Waals surface area contributed by atoms with Crippen molar-refractivity contribution in [2.45, 2.75) is 43.8 Å². The molecule has 1 aliphatic rings. The van der Waals surface area contributed by atoms with Crippen molar-refractivity contribution >= 4 is 0 Å². The van der Waals surface area contributed by atoms with E-state index < -0.39 is 18.1 Å². The van der Waals surface area contributed by atoms with E-state index in [1.807, 2.05) is 0 Å². The Labute approximate surface area is 106 Å². The molecule has 0 aromatic rings. The Bertz CT molecular complexity index is 311. The highest BCUT2D eigenvalue weighted by Crippen LogP contribution is 2.35. The highest BCUT2D eigenvalue weighted by molar-refractivity contribution is 5.11. The maximum atomic E-state index is 12.0. The molecule has 0 saturated heterocycles. The Balaban J connectivity index is 2.31. The van der Waals surface area contributed by atoms with Crippen LogP contribution in [0.5, 0.6) is 0 Å². The minimum Gasteiger partial charge on any atom is -0.313 e. The van der Waals surface area contributed by atoms with Gasteiger partial charge in [0, 0.05) is 6.54 Å². The molecule has 3 nitrogen and oxygen atoms in total. The molecule has 104 valence electrons. The highest BCUT2D eigenvalue weighted by atomic mass is 19.4. The van der Waals surface area contributed by atoms with E-state index in [1.54, 1.807) is 11.9 Å². The Kier molecular flexibility index (Phi) is 5.00. The van der Waals surface area contributed by atoms with Crippen LogP contribution >= 0.6 is 0 Å². The Morgan fingerprint density at radius 1 is 1.44 bits per heavy atom. The average molecular weight is 263 g/mol. The summed E-state index contributed by atoms with van der Waals surface area (Å²) in [4.78, 5) is 1.66. The largest absolute Gasteiger partial charge is 0.390 e. The summed E-state index contributed by atoms with van der Waals surface area (Å²) < 4.78 is 36.1. The van der Waals surface area contributed by atoms with Crippen molar-refractivity contribution in [3.63, 3.8) is 0 Å². The van der Waals surface area contributed by atoms with Gasteiger partial charge in [-0.2, -0.15) is 18.4 Å². The summed E-state index contributed by atoms with van der Waals surface area (Å²) in [7, 11) is 1.67. The number of nitrogens with two attached hydrogens (primary N) is 1. The predicted octanol–water partition coefficient (Wildman–Crippen LogP) is 2.28. The van der Waals surface area contributed by atoms with Crippen LogP contribution in [-0.4, -0.2) is 36.8 Å². The van der Waals surface area contributed by atoms with E-state index in [0.29, 0.717) is 19.4 Å². The van der Waals surface area contributed by atoms with Crippen LogP contribution in [0.15, 0.2) is 0 Å². The zero-order valence-corrected chi connectivity index (χ0v) is 10.6. The summed E-state index contributed by atoms with van der Waals surface area (Å²) in [6, 6.07) is 2.15. The maximum Gasteiger partial charge on any atom is 0.390 e. The molecule has 0 radical (unpaired) electrons. The fraction of sp³-hybridized carbons (Fsp3) is 0.917. The SMILES string of the molecule is CN(CCC1CCCC1(N)C#N)CCC(F)(F)F. The van der Waals surface area contributed by atoms with E-state index in [2.05, 4.69) is 6.07 Å². The van der Waals surface area contributed by atoms with Crippen LogP contribution < -0.4 is 5.73 Å². The number of nitriles is 1. The molecule has 1 saturated carbocycles. The van der Waals surface area contributed by atoms with Crippen molar-refractivity contribution in [3.8, 4) is 6.07 Å². The van der Waals surface area contributed by atoms with Crippen LogP contribution in [0, 0.1) is 17.2 Å². The zero-order chi connectivity index (χ0) is 13.8. The standard InChI is InChI=1S/C12H20F3N3/c1-18(8-6-12(13,14)15)7-4-10-3-2-5-11(10,17)9-16/h10H,2-8,17H2,1H3. The molecule has 0 heterocycles. The highest BCUT2D eigenvalue weighted by Gasteiger charge is 2.39. The molecule has 1 aliphatic carbocycles. The summed E-state index contributed by atoms with van der Waals surface area (Å²) in [6.45, 7) is 0.557. The Hall–Kier alpha value is -0.800. The number of nitrogens with zero attached hydrogens (tertiary/aromatic N) is 2. The van der Waals surface area contributed by atoms with E-state index >= 15 is 0 Å². The lowest BCUT2D eigenvalue weighted by Gasteiger charge is -2.26. The van der Waals surface area contributed by atoms with Crippen LogP contribution in [0.25, 0.3) is 0 Å². The van der Waals surface area contributed by atoms with Gasteiger partial charge in [-0.15, -0.1) is 0 Å². The third-order valence-electron chi connectivity index (χ3n) is 3.72. The summed E-state index contributed by atoms with van der Waals surface area (Å²) >= 11 is 0. The average Bonchev–Trinajstić information content (AvgIpc) is 2.65. The van der Waals surface area contributed by atoms with Crippen LogP contribution in [0.4, 0.5) is 13.2 Å². The Morgan fingerprint density at radius 3 is 2.67 bits per heavy atom. The molecule has 0 aromatic carbocycles. The normalized spacial score (nSPS) is 28.6. The first-order valence-corrected chi connectivity index (χ1v) is 6.22. The number of hydrogen-bond acceptors (Lipinski definition) is 3. The molecular weight excluding hydrogens is 243 g/mol. The van der Waals surface area contributed by atoms with Crippen LogP contribution in [0.1, 0.15) is 32.1 Å². The van der Waals surface area contributed by atoms with E-state index in [4.69, 9.17) is 11.0 Å². The van der Waals surface area contributed by atoms with Crippen LogP contribution in [-0.2, 0) is 0 Å². The molecule has 1 fully saturated rings. The number of halogens is 3. The lowest BCUT2D eigenvalue weighted by molar-refractivity contribution is -0.137. The van der Waals surface area contributed by atoms with Gasteiger partial charge in [-0.25, -0.2) is 0 Å². The second-order valence-electron chi connectivity index (χ2n) is 5.20. The maximum absolute atomic E-state index is 12.0. The molecule has 6 heteroatoms. The molecule has 0 aromatic heterocycles. The van der Waals surface area contributed by atoms with Crippen molar-refractivity contribution < 1.29 is 13.2 Å². The van der Waals surface area contributed by atoms with Gasteiger partial charge in [-0.1, -0.05) is 6.42 Å². The van der Waals surface area contributed by atoms with Crippen LogP contribution in [0.3, 0.4) is 0 Å². The van der Waals surface area contributed by atoms with Gasteiger partial charge in [0.1, 0.15) is 5.54 Å². The molecule has 0 spiro atoms. The van der Waals surface area contributed by atoms with Gasteiger partial charge in [0.05, 0.1) is 12.5 Å². The minimum atomic E-state index is -4.11. The fourth-order valence-corrected chi connectivity index (χ4v) is 2.46. The van der Waals surface area contributed by atoms with Gasteiger partial charge in [-0.05, 0) is 38.8 Å². The summed E-state index contributed by atoms with van der Waals surface area (Å²) in [5.41, 5.74) is 5.20. The minimum absolute atomic E-state index is 0.000342. The molecule has 2 atom stereocenters. The first-order chi connectivity index (χ1) is 8.27. The molecule has 1 rings (SSSR count). The molecule has 0 bridgehead atoms. The van der Waals surface area contributed by atoms with E-state index in [0.717, 1.165) is 12.8 Å². The molecule has 0 aliphatic heterocycles. The monoisotopic (exact) mass is 263 g/mol. The molecule has 0 amide bonds. The van der Waals surface area contributed by atoms with Crippen molar-refractivity contribution in [2.75, 3.05) is 20.1 Å². The van der Waals surface area contributed by atoms with Crippen molar-refractivity contribution in [3.05, 3.63) is 0 Å². The van der Waals surface area contributed by atoms with Gasteiger partial charge < -0.3 is 10.6 Å². The molecular formula is C12H20F3N3. The van der Waals surface area contributed by atoms with Gasteiger partial charge >= 0.3 is 6.18 Å². The quantitative estimate of drug-likeness (QED) is 0.828. The second kappa shape index (κ2) is 5.89. The first-order valence-electron chi connectivity index (χ1n) is 6.22. The number of rotatable bonds is 5. The number of hydrogen-bond donors (Lipinski definition) is 1. The smallest absolute Gasteiger partial charge is 0.313 e. The first kappa shape index (κ1) is 15.3. The fourth-order valence-electron chi connectivity index (χ4n) is 2.46. The second-order valence-corrected chi connectivity index (χ2v) is 5.20. The van der Waals surface area contributed by atoms with Gasteiger partial charge in [0.25, 0.3) is 0 Å². The van der Waals surface area contributed by atoms with Gasteiger partial charge in [0.15, 0.2) is 0 Å². The molecule has 18 heavy (non-hydrogen) atoms. The summed E-state index contributed by atoms with van der Waals surface area (Å²) in [5.74, 6) is 0.107. The van der Waals surface area contributed by atoms with Crippen molar-refractivity contribution in [1.29, 1.82) is 5.26 Å². The van der Waals surface area contributed by atoms with Crippen LogP contribution in [0.2, 0.25) is 0 Å². The van der Waals surface area contributed by atoms with E-state index in [1.165, 1.54) is 0 Å². The number of alkyl halides is 3. The molecule has 2 unspecified atom stereocenters. The predicted molar refractivity (Wildman–Crippen MR) is 62.7 cm³/mol. The summed E-state index contributed by atoms with van der Waals surface area (Å²) in [6.07, 6.45) is -1.68. The third-order valence-corrected chi connectivity index (χ3v) is 3.72. The lowest BCUT2D eigenvalue weighted by atomic mass is 9.87. The zero-order valence-electron chi connectivity index (χ0n) is 10.6. The van der Waals surface area contributed by atoms with E-state index in [-0.39, 0.29) is 12.5 Å². The van der Waals surface area contributed by atoms with Crippen molar-refractivity contribution in [1.82, 2.24) is 4.90 Å². The third kappa shape index (κ3) is 4.46. The van der Waals surface area contributed by atoms with Gasteiger partial charge in [-0.3, -0.25) is 0 Å². The lowest BCUT2D eigenvalue weighted by Crippen LogP contribution is -2.43. The van der Waals surface area contributed by atoms with Crippen molar-refractivity contribution in [2.24, 2.45) is 11.7 Å². The summed E-state index contributed by atoms with van der Waals surface area (Å²) in [5, 5.41) is 9.03. The van der Waals surface area contributed by atoms with E-state index in [9.17, 15) is 13.2 Å². The molecule has 2 N–H and O–H groups in total. The van der Waals surface area contributed by atoms with Gasteiger partial charge in [0.2, 0.25) is 0 Å².